The highest BCUT2D eigenvalue weighted by atomic mass is 32.1. The average molecular weight is 613 g/mol. The molecule has 0 fully saturated rings. The molecule has 4 aromatic rings. The standard InChI is InChI=1S/C34H36N4O5S/c1-6-10-36-33(40)27-8-7-23(30(37-27)34(41)42-5)24-16-28-26(31-22(9-11-44-31)14-20(4)43-28)15-25(24)32(39)38-29-18(2)12-21(17-35)13-19(29)3/h7-9,11-13,15-16,20H,6,10,14,17,35H2,1-5H3,(H,36,40)(H,38,39)/t20-/m0/s1. The van der Waals surface area contributed by atoms with Crippen LogP contribution in [0.2, 0.25) is 0 Å². The molecule has 0 unspecified atom stereocenters. The normalized spacial score (nSPS) is 13.6. The fourth-order valence-electron chi connectivity index (χ4n) is 5.50. The van der Waals surface area contributed by atoms with Crippen molar-refractivity contribution in [1.29, 1.82) is 0 Å². The fourth-order valence-corrected chi connectivity index (χ4v) is 6.46. The monoisotopic (exact) mass is 612 g/mol. The zero-order chi connectivity index (χ0) is 31.5. The third-order valence-electron chi connectivity index (χ3n) is 7.59. The van der Waals surface area contributed by atoms with Crippen molar-refractivity contribution in [3.8, 4) is 27.3 Å². The van der Waals surface area contributed by atoms with Gasteiger partial charge in [0.05, 0.1) is 7.11 Å². The quantitative estimate of drug-likeness (QED) is 0.206. The molecule has 0 saturated carbocycles. The van der Waals surface area contributed by atoms with Crippen LogP contribution in [0.15, 0.2) is 47.8 Å². The molecular weight excluding hydrogens is 576 g/mol. The van der Waals surface area contributed by atoms with Crippen LogP contribution < -0.4 is 21.1 Å². The van der Waals surface area contributed by atoms with Crippen molar-refractivity contribution >= 4 is 34.8 Å². The van der Waals surface area contributed by atoms with E-state index in [1.165, 1.54) is 7.11 Å². The lowest BCUT2D eigenvalue weighted by Gasteiger charge is -2.20. The van der Waals surface area contributed by atoms with Gasteiger partial charge in [0, 0.05) is 52.3 Å². The molecule has 1 atom stereocenters. The Kier molecular flexibility index (Phi) is 9.12. The number of aromatic nitrogens is 1. The molecule has 0 spiro atoms. The summed E-state index contributed by atoms with van der Waals surface area (Å²) in [7, 11) is 1.25. The van der Waals surface area contributed by atoms with Gasteiger partial charge in [-0.05, 0) is 85.2 Å². The van der Waals surface area contributed by atoms with Crippen molar-refractivity contribution in [1.82, 2.24) is 10.3 Å². The van der Waals surface area contributed by atoms with Crippen LogP contribution in [0.4, 0.5) is 5.69 Å². The third kappa shape index (κ3) is 6.09. The lowest BCUT2D eigenvalue weighted by Crippen LogP contribution is -2.26. The summed E-state index contributed by atoms with van der Waals surface area (Å²) >= 11 is 1.59. The Morgan fingerprint density at radius 3 is 2.48 bits per heavy atom. The first-order valence-electron chi connectivity index (χ1n) is 14.6. The summed E-state index contributed by atoms with van der Waals surface area (Å²) in [4.78, 5) is 45.5. The molecule has 0 bridgehead atoms. The first kappa shape index (κ1) is 30.9. The lowest BCUT2D eigenvalue weighted by molar-refractivity contribution is 0.0594. The first-order valence-corrected chi connectivity index (χ1v) is 15.4. The van der Waals surface area contributed by atoms with Crippen LogP contribution in [0, 0.1) is 13.8 Å². The smallest absolute Gasteiger partial charge is 0.357 e. The summed E-state index contributed by atoms with van der Waals surface area (Å²) in [6.07, 6.45) is 1.35. The molecule has 44 heavy (non-hydrogen) atoms. The summed E-state index contributed by atoms with van der Waals surface area (Å²) in [5.74, 6) is -0.918. The number of rotatable bonds is 8. The topological polar surface area (TPSA) is 133 Å². The predicted molar refractivity (Wildman–Crippen MR) is 173 cm³/mol. The number of pyridine rings is 1. The molecule has 228 valence electrons. The number of hydrogen-bond donors (Lipinski definition) is 3. The largest absolute Gasteiger partial charge is 0.490 e. The molecule has 9 nitrogen and oxygen atoms in total. The van der Waals surface area contributed by atoms with E-state index in [4.69, 9.17) is 15.2 Å². The summed E-state index contributed by atoms with van der Waals surface area (Å²) in [6, 6.07) is 12.8. The highest BCUT2D eigenvalue weighted by Gasteiger charge is 2.28. The van der Waals surface area contributed by atoms with Crippen LogP contribution in [-0.4, -0.2) is 42.5 Å². The van der Waals surface area contributed by atoms with Crippen molar-refractivity contribution in [3.05, 3.63) is 87.0 Å². The van der Waals surface area contributed by atoms with Gasteiger partial charge >= 0.3 is 5.97 Å². The Morgan fingerprint density at radius 1 is 1.05 bits per heavy atom. The molecule has 1 aliphatic heterocycles. The number of esters is 1. The van der Waals surface area contributed by atoms with E-state index in [-0.39, 0.29) is 23.4 Å². The summed E-state index contributed by atoms with van der Waals surface area (Å²) < 4.78 is 11.4. The highest BCUT2D eigenvalue weighted by Crippen LogP contribution is 2.44. The van der Waals surface area contributed by atoms with Crippen LogP contribution >= 0.6 is 11.3 Å². The second-order valence-electron chi connectivity index (χ2n) is 10.9. The van der Waals surface area contributed by atoms with Crippen LogP contribution in [-0.2, 0) is 17.7 Å². The number of fused-ring (bicyclic) bond motifs is 3. The number of benzene rings is 2. The number of ether oxygens (including phenoxy) is 2. The van der Waals surface area contributed by atoms with Gasteiger partial charge in [0.2, 0.25) is 0 Å². The van der Waals surface area contributed by atoms with Crippen LogP contribution in [0.1, 0.15) is 73.9 Å². The summed E-state index contributed by atoms with van der Waals surface area (Å²) in [5.41, 5.74) is 12.3. The molecule has 2 amide bonds. The second-order valence-corrected chi connectivity index (χ2v) is 11.8. The summed E-state index contributed by atoms with van der Waals surface area (Å²) in [5, 5.41) is 7.92. The maximum absolute atomic E-state index is 14.2. The fraction of sp³-hybridized carbons (Fsp3) is 0.294. The molecule has 0 saturated heterocycles. The van der Waals surface area contributed by atoms with Gasteiger partial charge in [-0.3, -0.25) is 9.59 Å². The second kappa shape index (κ2) is 13.0. The number of amides is 2. The van der Waals surface area contributed by atoms with Gasteiger partial charge in [-0.2, -0.15) is 0 Å². The van der Waals surface area contributed by atoms with E-state index in [9.17, 15) is 14.4 Å². The number of carbonyl (C=O) groups is 3. The molecule has 10 heteroatoms. The van der Waals surface area contributed by atoms with Crippen LogP contribution in [0.5, 0.6) is 5.75 Å². The minimum Gasteiger partial charge on any atom is -0.490 e. The number of nitrogens with two attached hydrogens (primary N) is 1. The van der Waals surface area contributed by atoms with Gasteiger partial charge in [0.25, 0.3) is 11.8 Å². The number of methoxy groups -OCH3 is 1. The number of aryl methyl sites for hydroxylation is 2. The highest BCUT2D eigenvalue weighted by molar-refractivity contribution is 7.13. The van der Waals surface area contributed by atoms with Gasteiger partial charge in [-0.25, -0.2) is 9.78 Å². The van der Waals surface area contributed by atoms with Crippen LogP contribution in [0.3, 0.4) is 0 Å². The molecular formula is C34H36N4O5S. The Morgan fingerprint density at radius 2 is 1.80 bits per heavy atom. The van der Waals surface area contributed by atoms with Crippen molar-refractivity contribution in [2.24, 2.45) is 5.73 Å². The molecule has 2 aromatic heterocycles. The molecule has 4 N–H and O–H groups in total. The molecule has 2 aromatic carbocycles. The van der Waals surface area contributed by atoms with E-state index >= 15 is 0 Å². The molecule has 3 heterocycles. The Bertz CT molecular complexity index is 1740. The molecule has 0 aliphatic carbocycles. The van der Waals surface area contributed by atoms with E-state index in [2.05, 4.69) is 21.7 Å². The number of anilines is 1. The number of thiophene rings is 1. The van der Waals surface area contributed by atoms with E-state index < -0.39 is 11.9 Å². The van der Waals surface area contributed by atoms with E-state index in [0.29, 0.717) is 47.6 Å². The van der Waals surface area contributed by atoms with Gasteiger partial charge in [-0.1, -0.05) is 19.1 Å². The Balaban J connectivity index is 1.71. The number of hydrogen-bond acceptors (Lipinski definition) is 8. The molecule has 1 aliphatic rings. The van der Waals surface area contributed by atoms with Crippen molar-refractivity contribution < 1.29 is 23.9 Å². The van der Waals surface area contributed by atoms with Gasteiger partial charge in [0.1, 0.15) is 17.5 Å². The van der Waals surface area contributed by atoms with E-state index in [1.54, 1.807) is 29.5 Å². The number of carbonyl (C=O) groups excluding carboxylic acids is 3. The maximum Gasteiger partial charge on any atom is 0.357 e. The van der Waals surface area contributed by atoms with Gasteiger partial charge in [0.15, 0.2) is 5.69 Å². The SMILES string of the molecule is CCCNC(=O)c1ccc(-c2cc3c(cc2C(=O)Nc2c(C)cc(CN)cc2C)-c2sccc2C[C@H](C)O3)c(C(=O)OC)n1. The van der Waals surface area contributed by atoms with Crippen molar-refractivity contribution in [2.75, 3.05) is 19.0 Å². The zero-order valence-electron chi connectivity index (χ0n) is 25.5. The van der Waals surface area contributed by atoms with Crippen molar-refractivity contribution in [3.63, 3.8) is 0 Å². The third-order valence-corrected chi connectivity index (χ3v) is 8.58. The minimum absolute atomic E-state index is 0.0719. The maximum atomic E-state index is 14.2. The van der Waals surface area contributed by atoms with Gasteiger partial charge in [-0.15, -0.1) is 11.3 Å². The number of nitrogens with one attached hydrogen (secondary N) is 2. The summed E-state index contributed by atoms with van der Waals surface area (Å²) in [6.45, 7) is 8.65. The van der Waals surface area contributed by atoms with Crippen LogP contribution in [0.25, 0.3) is 21.6 Å². The molecule has 0 radical (unpaired) electrons. The molecule has 5 rings (SSSR count). The Hall–Kier alpha value is -4.54. The first-order chi connectivity index (χ1) is 21.1. The number of nitrogens with zero attached hydrogens (tertiary/aromatic N) is 1. The zero-order valence-corrected chi connectivity index (χ0v) is 26.3. The van der Waals surface area contributed by atoms with Gasteiger partial charge < -0.3 is 25.8 Å². The lowest BCUT2D eigenvalue weighted by atomic mass is 9.93. The Labute approximate surface area is 260 Å². The average Bonchev–Trinajstić information content (AvgIpc) is 3.42. The predicted octanol–water partition coefficient (Wildman–Crippen LogP) is 6.05. The minimum atomic E-state index is -0.731. The van der Waals surface area contributed by atoms with E-state index in [1.807, 2.05) is 51.3 Å². The van der Waals surface area contributed by atoms with Crippen molar-refractivity contribution in [2.45, 2.75) is 53.2 Å². The van der Waals surface area contributed by atoms with E-state index in [0.717, 1.165) is 39.1 Å².